The number of thioether (sulfide) groups is 1. The van der Waals surface area contributed by atoms with Gasteiger partial charge in [0.15, 0.2) is 0 Å². The highest BCUT2D eigenvalue weighted by Crippen LogP contribution is 2.24. The van der Waals surface area contributed by atoms with Gasteiger partial charge in [0.05, 0.1) is 12.9 Å². The molecule has 21 heavy (non-hydrogen) atoms. The van der Waals surface area contributed by atoms with E-state index in [4.69, 9.17) is 16.3 Å². The van der Waals surface area contributed by atoms with Gasteiger partial charge < -0.3 is 10.1 Å². The van der Waals surface area contributed by atoms with Crippen molar-refractivity contribution in [2.24, 2.45) is 0 Å². The van der Waals surface area contributed by atoms with Gasteiger partial charge in [-0.25, -0.2) is 0 Å². The maximum atomic E-state index is 12.0. The van der Waals surface area contributed by atoms with Gasteiger partial charge in [-0.2, -0.15) is 0 Å². The molecule has 3 nitrogen and oxygen atoms in total. The van der Waals surface area contributed by atoms with Crippen LogP contribution in [0, 0.1) is 6.92 Å². The quantitative estimate of drug-likeness (QED) is 0.830. The van der Waals surface area contributed by atoms with Crippen molar-refractivity contribution in [2.75, 3.05) is 18.2 Å². The summed E-state index contributed by atoms with van der Waals surface area (Å²) in [5.74, 6) is 1.10. The lowest BCUT2D eigenvalue weighted by Gasteiger charge is -2.09. The second-order valence-electron chi connectivity index (χ2n) is 4.42. The van der Waals surface area contributed by atoms with Crippen molar-refractivity contribution in [2.45, 2.75) is 11.8 Å². The average Bonchev–Trinajstić information content (AvgIpc) is 2.50. The molecule has 1 amide bonds. The Morgan fingerprint density at radius 1 is 1.24 bits per heavy atom. The zero-order valence-corrected chi connectivity index (χ0v) is 13.4. The van der Waals surface area contributed by atoms with Crippen LogP contribution in [0.1, 0.15) is 5.56 Å². The highest BCUT2D eigenvalue weighted by Gasteiger charge is 2.07. The van der Waals surface area contributed by atoms with Crippen LogP contribution in [-0.2, 0) is 4.79 Å². The molecule has 2 aromatic carbocycles. The minimum atomic E-state index is -0.0545. The van der Waals surface area contributed by atoms with Gasteiger partial charge in [0, 0.05) is 15.6 Å². The third-order valence-corrected chi connectivity index (χ3v) is 4.39. The lowest BCUT2D eigenvalue weighted by atomic mass is 10.2. The SMILES string of the molecule is COc1ccc(SCC(=O)Nc2cccc(Cl)c2C)cc1. The van der Waals surface area contributed by atoms with Gasteiger partial charge in [0.1, 0.15) is 5.75 Å². The van der Waals surface area contributed by atoms with E-state index in [9.17, 15) is 4.79 Å². The summed E-state index contributed by atoms with van der Waals surface area (Å²) in [4.78, 5) is 13.0. The van der Waals surface area contributed by atoms with Gasteiger partial charge >= 0.3 is 0 Å². The summed E-state index contributed by atoms with van der Waals surface area (Å²) >= 11 is 7.51. The molecule has 0 unspecified atom stereocenters. The molecule has 2 rings (SSSR count). The van der Waals surface area contributed by atoms with E-state index in [-0.39, 0.29) is 5.91 Å². The van der Waals surface area contributed by atoms with Crippen LogP contribution in [0.2, 0.25) is 5.02 Å². The molecule has 5 heteroatoms. The van der Waals surface area contributed by atoms with Crippen LogP contribution in [-0.4, -0.2) is 18.8 Å². The van der Waals surface area contributed by atoms with Gasteiger partial charge in [-0.05, 0) is 48.9 Å². The summed E-state index contributed by atoms with van der Waals surface area (Å²) in [6.45, 7) is 1.88. The van der Waals surface area contributed by atoms with Gasteiger partial charge in [-0.15, -0.1) is 11.8 Å². The molecule has 0 aliphatic rings. The largest absolute Gasteiger partial charge is 0.497 e. The number of methoxy groups -OCH3 is 1. The maximum Gasteiger partial charge on any atom is 0.234 e. The molecule has 0 aliphatic heterocycles. The topological polar surface area (TPSA) is 38.3 Å². The van der Waals surface area contributed by atoms with Crippen LogP contribution >= 0.6 is 23.4 Å². The third kappa shape index (κ3) is 4.41. The molecule has 2 aromatic rings. The molecule has 0 bridgehead atoms. The van der Waals surface area contributed by atoms with E-state index in [1.54, 1.807) is 13.2 Å². The minimum absolute atomic E-state index is 0.0545. The van der Waals surface area contributed by atoms with Crippen LogP contribution in [0.25, 0.3) is 0 Å². The molecule has 0 radical (unpaired) electrons. The minimum Gasteiger partial charge on any atom is -0.497 e. The van der Waals surface area contributed by atoms with E-state index in [1.807, 2.05) is 43.3 Å². The summed E-state index contributed by atoms with van der Waals surface area (Å²) in [5, 5.41) is 3.52. The first-order valence-corrected chi connectivity index (χ1v) is 7.78. The highest BCUT2D eigenvalue weighted by atomic mass is 35.5. The number of carbonyl (C=O) groups is 1. The number of hydrogen-bond acceptors (Lipinski definition) is 3. The van der Waals surface area contributed by atoms with Crippen LogP contribution in [0.4, 0.5) is 5.69 Å². The summed E-state index contributed by atoms with van der Waals surface area (Å²) in [5.41, 5.74) is 1.63. The van der Waals surface area contributed by atoms with Crippen LogP contribution < -0.4 is 10.1 Å². The Bertz CT molecular complexity index is 629. The van der Waals surface area contributed by atoms with Crippen molar-refractivity contribution in [1.29, 1.82) is 0 Å². The predicted molar refractivity (Wildman–Crippen MR) is 88.5 cm³/mol. The molecular weight excluding hydrogens is 306 g/mol. The smallest absolute Gasteiger partial charge is 0.234 e. The predicted octanol–water partition coefficient (Wildman–Crippen LogP) is 4.39. The second-order valence-corrected chi connectivity index (χ2v) is 5.88. The Balaban J connectivity index is 1.91. The number of rotatable bonds is 5. The number of nitrogens with one attached hydrogen (secondary N) is 1. The Kier molecular flexibility index (Phi) is 5.53. The first-order chi connectivity index (χ1) is 10.1. The van der Waals surface area contributed by atoms with Crippen molar-refractivity contribution in [1.82, 2.24) is 0 Å². The molecule has 0 fully saturated rings. The highest BCUT2D eigenvalue weighted by molar-refractivity contribution is 8.00. The molecule has 110 valence electrons. The lowest BCUT2D eigenvalue weighted by molar-refractivity contribution is -0.113. The number of carbonyl (C=O) groups excluding carboxylic acids is 1. The second kappa shape index (κ2) is 7.38. The summed E-state index contributed by atoms with van der Waals surface area (Å²) in [6, 6.07) is 13.1. The van der Waals surface area contributed by atoms with Crippen LogP contribution in [0.3, 0.4) is 0 Å². The van der Waals surface area contributed by atoms with E-state index < -0.39 is 0 Å². The molecule has 0 atom stereocenters. The number of hydrogen-bond donors (Lipinski definition) is 1. The Morgan fingerprint density at radius 2 is 1.95 bits per heavy atom. The van der Waals surface area contributed by atoms with E-state index in [2.05, 4.69) is 5.32 Å². The number of anilines is 1. The maximum absolute atomic E-state index is 12.0. The average molecular weight is 322 g/mol. The summed E-state index contributed by atoms with van der Waals surface area (Å²) < 4.78 is 5.10. The number of benzene rings is 2. The molecule has 1 N–H and O–H groups in total. The van der Waals surface area contributed by atoms with Crippen LogP contribution in [0.5, 0.6) is 5.75 Å². The van der Waals surface area contributed by atoms with Crippen molar-refractivity contribution in [3.05, 3.63) is 53.1 Å². The molecule has 0 spiro atoms. The van der Waals surface area contributed by atoms with Gasteiger partial charge in [-0.3, -0.25) is 4.79 Å². The number of amides is 1. The van der Waals surface area contributed by atoms with Gasteiger partial charge in [0.25, 0.3) is 0 Å². The molecule has 0 heterocycles. The molecular formula is C16H16ClNO2S. The van der Waals surface area contributed by atoms with Gasteiger partial charge in [-0.1, -0.05) is 17.7 Å². The van der Waals surface area contributed by atoms with Crippen molar-refractivity contribution in [3.63, 3.8) is 0 Å². The molecule has 0 saturated carbocycles. The van der Waals surface area contributed by atoms with Crippen molar-refractivity contribution >= 4 is 35.0 Å². The lowest BCUT2D eigenvalue weighted by Crippen LogP contribution is -2.14. The van der Waals surface area contributed by atoms with E-state index in [0.29, 0.717) is 10.8 Å². The van der Waals surface area contributed by atoms with Crippen LogP contribution in [0.15, 0.2) is 47.4 Å². The number of ether oxygens (including phenoxy) is 1. The monoisotopic (exact) mass is 321 g/mol. The van der Waals surface area contributed by atoms with E-state index >= 15 is 0 Å². The molecule has 0 aromatic heterocycles. The standard InChI is InChI=1S/C16H16ClNO2S/c1-11-14(17)4-3-5-15(11)18-16(19)10-21-13-8-6-12(20-2)7-9-13/h3-9H,10H2,1-2H3,(H,18,19). The Morgan fingerprint density at radius 3 is 2.62 bits per heavy atom. The number of halogens is 1. The fourth-order valence-corrected chi connectivity index (χ4v) is 2.62. The third-order valence-electron chi connectivity index (χ3n) is 2.97. The zero-order valence-electron chi connectivity index (χ0n) is 11.9. The summed E-state index contributed by atoms with van der Waals surface area (Å²) in [7, 11) is 1.63. The van der Waals surface area contributed by atoms with Crippen molar-refractivity contribution < 1.29 is 9.53 Å². The zero-order chi connectivity index (χ0) is 15.2. The molecule has 0 aliphatic carbocycles. The normalized spacial score (nSPS) is 10.2. The van der Waals surface area contributed by atoms with E-state index in [1.165, 1.54) is 11.8 Å². The van der Waals surface area contributed by atoms with Crippen molar-refractivity contribution in [3.8, 4) is 5.75 Å². The first kappa shape index (κ1) is 15.7. The fraction of sp³-hybridized carbons (Fsp3) is 0.188. The first-order valence-electron chi connectivity index (χ1n) is 6.42. The van der Waals surface area contributed by atoms with E-state index in [0.717, 1.165) is 21.9 Å². The Hall–Kier alpha value is -1.65. The fourth-order valence-electron chi connectivity index (χ4n) is 1.75. The van der Waals surface area contributed by atoms with Gasteiger partial charge in [0.2, 0.25) is 5.91 Å². The summed E-state index contributed by atoms with van der Waals surface area (Å²) in [6.07, 6.45) is 0. The molecule has 0 saturated heterocycles. The Labute approximate surface area is 133 Å².